The first-order valence-corrected chi connectivity index (χ1v) is 7.54. The average molecular weight is 303 g/mol. The quantitative estimate of drug-likeness (QED) is 0.874. The summed E-state index contributed by atoms with van der Waals surface area (Å²) in [6.45, 7) is 3.26. The highest BCUT2D eigenvalue weighted by molar-refractivity contribution is 5.76. The molecule has 1 atom stereocenters. The smallest absolute Gasteiger partial charge is 0.231 e. The number of halogens is 1. The molecule has 3 rings (SSSR count). The van der Waals surface area contributed by atoms with Gasteiger partial charge in [0.15, 0.2) is 0 Å². The van der Waals surface area contributed by atoms with Crippen molar-refractivity contribution in [2.24, 2.45) is 0 Å². The van der Waals surface area contributed by atoms with Crippen LogP contribution in [0.2, 0.25) is 0 Å². The Morgan fingerprint density at radius 3 is 3.14 bits per heavy atom. The zero-order valence-electron chi connectivity index (χ0n) is 12.5. The molecule has 116 valence electrons. The first kappa shape index (κ1) is 14.7. The second-order valence-corrected chi connectivity index (χ2v) is 5.50. The van der Waals surface area contributed by atoms with E-state index >= 15 is 0 Å². The normalized spacial score (nSPS) is 18.5. The number of hydrogen-bond acceptors (Lipinski definition) is 4. The Bertz CT molecular complexity index is 671. The maximum atomic E-state index is 13.3. The molecular weight excluding hydrogens is 285 g/mol. The number of likely N-dealkylation sites (tertiary alicyclic amines) is 1. The number of carbonyl (C=O) groups is 1. The molecule has 0 N–H and O–H groups in total. The van der Waals surface area contributed by atoms with Gasteiger partial charge in [-0.1, -0.05) is 24.2 Å². The molecule has 1 amide bonds. The first-order valence-electron chi connectivity index (χ1n) is 7.54. The number of aromatic nitrogens is 2. The summed E-state index contributed by atoms with van der Waals surface area (Å²) in [6, 6.07) is 6.11. The van der Waals surface area contributed by atoms with Crippen LogP contribution in [0.5, 0.6) is 0 Å². The topological polar surface area (TPSA) is 59.2 Å². The van der Waals surface area contributed by atoms with Crippen molar-refractivity contribution in [2.45, 2.75) is 32.1 Å². The van der Waals surface area contributed by atoms with Crippen molar-refractivity contribution in [3.8, 4) is 11.4 Å². The molecule has 1 aliphatic rings. The highest BCUT2D eigenvalue weighted by Crippen LogP contribution is 2.28. The van der Waals surface area contributed by atoms with E-state index in [0.717, 1.165) is 19.4 Å². The van der Waals surface area contributed by atoms with E-state index in [1.165, 1.54) is 12.1 Å². The molecule has 1 aromatic heterocycles. The van der Waals surface area contributed by atoms with E-state index in [9.17, 15) is 9.18 Å². The van der Waals surface area contributed by atoms with Crippen LogP contribution in [0, 0.1) is 5.82 Å². The minimum Gasteiger partial charge on any atom is -0.342 e. The summed E-state index contributed by atoms with van der Waals surface area (Å²) in [5.41, 5.74) is 0.590. The summed E-state index contributed by atoms with van der Waals surface area (Å²) >= 11 is 0. The molecule has 6 heteroatoms. The molecule has 0 spiro atoms. The maximum absolute atomic E-state index is 13.3. The van der Waals surface area contributed by atoms with Crippen molar-refractivity contribution in [3.05, 3.63) is 36.0 Å². The lowest BCUT2D eigenvalue weighted by atomic mass is 9.97. The second kappa shape index (κ2) is 6.25. The van der Waals surface area contributed by atoms with Gasteiger partial charge in [-0.25, -0.2) is 4.39 Å². The van der Waals surface area contributed by atoms with E-state index in [4.69, 9.17) is 4.52 Å². The number of carbonyl (C=O) groups excluding carboxylic acids is 1. The Kier molecular flexibility index (Phi) is 4.18. The summed E-state index contributed by atoms with van der Waals surface area (Å²) in [4.78, 5) is 18.1. The van der Waals surface area contributed by atoms with Crippen LogP contribution in [0.25, 0.3) is 11.4 Å². The standard InChI is InChI=1S/C16H18FN3O2/c1-2-14(21)20-8-4-6-12(10-20)16-18-15(19-22-16)11-5-3-7-13(17)9-11/h3,5,7,9,12H,2,4,6,8,10H2,1H3/t12-/m1/s1. The van der Waals surface area contributed by atoms with Crippen molar-refractivity contribution in [2.75, 3.05) is 13.1 Å². The van der Waals surface area contributed by atoms with Crippen LogP contribution in [0.3, 0.4) is 0 Å². The van der Waals surface area contributed by atoms with E-state index in [-0.39, 0.29) is 17.6 Å². The Balaban J connectivity index is 1.77. The van der Waals surface area contributed by atoms with Crippen LogP contribution in [-0.2, 0) is 4.79 Å². The summed E-state index contributed by atoms with van der Waals surface area (Å²) in [5, 5.41) is 3.94. The Hall–Kier alpha value is -2.24. The molecular formula is C16H18FN3O2. The number of piperidine rings is 1. The predicted molar refractivity (Wildman–Crippen MR) is 78.5 cm³/mol. The van der Waals surface area contributed by atoms with Gasteiger partial charge in [0.05, 0.1) is 5.92 Å². The Labute approximate surface area is 128 Å². The molecule has 2 aromatic rings. The molecule has 1 fully saturated rings. The minimum atomic E-state index is -0.332. The van der Waals surface area contributed by atoms with Crippen molar-refractivity contribution in [1.29, 1.82) is 0 Å². The second-order valence-electron chi connectivity index (χ2n) is 5.50. The van der Waals surface area contributed by atoms with Crippen molar-refractivity contribution in [1.82, 2.24) is 15.0 Å². The summed E-state index contributed by atoms with van der Waals surface area (Å²) in [7, 11) is 0. The van der Waals surface area contributed by atoms with Gasteiger partial charge in [-0.3, -0.25) is 4.79 Å². The number of hydrogen-bond donors (Lipinski definition) is 0. The fraction of sp³-hybridized carbons (Fsp3) is 0.438. The van der Waals surface area contributed by atoms with E-state index in [1.807, 2.05) is 11.8 Å². The van der Waals surface area contributed by atoms with Crippen LogP contribution in [0.4, 0.5) is 4.39 Å². The largest absolute Gasteiger partial charge is 0.342 e. The Morgan fingerprint density at radius 1 is 1.50 bits per heavy atom. The molecule has 22 heavy (non-hydrogen) atoms. The zero-order chi connectivity index (χ0) is 15.5. The molecule has 2 heterocycles. The number of nitrogens with zero attached hydrogens (tertiary/aromatic N) is 3. The van der Waals surface area contributed by atoms with Crippen LogP contribution < -0.4 is 0 Å². The van der Waals surface area contributed by atoms with E-state index < -0.39 is 0 Å². The van der Waals surface area contributed by atoms with Gasteiger partial charge in [-0.05, 0) is 25.0 Å². The van der Waals surface area contributed by atoms with E-state index in [0.29, 0.717) is 30.2 Å². The molecule has 1 aliphatic heterocycles. The van der Waals surface area contributed by atoms with Crippen molar-refractivity contribution in [3.63, 3.8) is 0 Å². The lowest BCUT2D eigenvalue weighted by Crippen LogP contribution is -2.38. The van der Waals surface area contributed by atoms with Crippen LogP contribution in [-0.4, -0.2) is 34.0 Å². The van der Waals surface area contributed by atoms with Gasteiger partial charge < -0.3 is 9.42 Å². The van der Waals surface area contributed by atoms with Crippen molar-refractivity contribution >= 4 is 5.91 Å². The van der Waals surface area contributed by atoms with Crippen molar-refractivity contribution < 1.29 is 13.7 Å². The third-order valence-electron chi connectivity index (χ3n) is 3.95. The molecule has 0 saturated carbocycles. The van der Waals surface area contributed by atoms with Crippen LogP contribution in [0.15, 0.2) is 28.8 Å². The van der Waals surface area contributed by atoms with Gasteiger partial charge in [-0.2, -0.15) is 4.98 Å². The van der Waals surface area contributed by atoms with Gasteiger partial charge in [-0.15, -0.1) is 0 Å². The maximum Gasteiger partial charge on any atom is 0.231 e. The highest BCUT2D eigenvalue weighted by atomic mass is 19.1. The summed E-state index contributed by atoms with van der Waals surface area (Å²) in [6.07, 6.45) is 2.34. The van der Waals surface area contributed by atoms with Crippen LogP contribution >= 0.6 is 0 Å². The molecule has 0 radical (unpaired) electrons. The summed E-state index contributed by atoms with van der Waals surface area (Å²) < 4.78 is 18.6. The number of benzene rings is 1. The lowest BCUT2D eigenvalue weighted by Gasteiger charge is -2.30. The fourth-order valence-electron chi connectivity index (χ4n) is 2.77. The molecule has 5 nitrogen and oxygen atoms in total. The van der Waals surface area contributed by atoms with Crippen LogP contribution in [0.1, 0.15) is 38.0 Å². The van der Waals surface area contributed by atoms with Gasteiger partial charge in [0, 0.05) is 25.1 Å². The minimum absolute atomic E-state index is 0.0547. The third-order valence-corrected chi connectivity index (χ3v) is 3.95. The van der Waals surface area contributed by atoms with Gasteiger partial charge in [0.1, 0.15) is 5.82 Å². The SMILES string of the molecule is CCC(=O)N1CCC[C@@H](c2nc(-c3cccc(F)c3)no2)C1. The number of rotatable bonds is 3. The summed E-state index contributed by atoms with van der Waals surface area (Å²) in [5.74, 6) is 0.774. The zero-order valence-corrected chi connectivity index (χ0v) is 12.5. The fourth-order valence-corrected chi connectivity index (χ4v) is 2.77. The van der Waals surface area contributed by atoms with E-state index in [2.05, 4.69) is 10.1 Å². The molecule has 0 aliphatic carbocycles. The molecule has 1 saturated heterocycles. The monoisotopic (exact) mass is 303 g/mol. The molecule has 0 bridgehead atoms. The highest BCUT2D eigenvalue weighted by Gasteiger charge is 2.28. The Morgan fingerprint density at radius 2 is 2.36 bits per heavy atom. The molecule has 1 aromatic carbocycles. The average Bonchev–Trinajstić information content (AvgIpc) is 3.04. The number of amides is 1. The predicted octanol–water partition coefficient (Wildman–Crippen LogP) is 2.99. The van der Waals surface area contributed by atoms with Gasteiger partial charge in [0.25, 0.3) is 0 Å². The van der Waals surface area contributed by atoms with E-state index in [1.54, 1.807) is 12.1 Å². The first-order chi connectivity index (χ1) is 10.7. The third kappa shape index (κ3) is 3.00. The lowest BCUT2D eigenvalue weighted by molar-refractivity contribution is -0.132. The molecule has 0 unspecified atom stereocenters. The van der Waals surface area contributed by atoms with Gasteiger partial charge >= 0.3 is 0 Å². The van der Waals surface area contributed by atoms with Gasteiger partial charge in [0.2, 0.25) is 17.6 Å².